The van der Waals surface area contributed by atoms with E-state index in [0.717, 1.165) is 17.8 Å². The SMILES string of the molecule is CC(C1[C@H]2CNC[C@@H]12)n1cncn1. The molecule has 0 bridgehead atoms. The summed E-state index contributed by atoms with van der Waals surface area (Å²) in [5.74, 6) is 2.64. The maximum Gasteiger partial charge on any atom is 0.137 e. The largest absolute Gasteiger partial charge is 0.316 e. The number of nitrogens with zero attached hydrogens (tertiary/aromatic N) is 3. The van der Waals surface area contributed by atoms with E-state index < -0.39 is 0 Å². The Morgan fingerprint density at radius 2 is 2.23 bits per heavy atom. The summed E-state index contributed by atoms with van der Waals surface area (Å²) in [6.45, 7) is 4.65. The molecule has 1 aliphatic heterocycles. The van der Waals surface area contributed by atoms with E-state index in [4.69, 9.17) is 0 Å². The first kappa shape index (κ1) is 7.50. The van der Waals surface area contributed by atoms with Gasteiger partial charge in [0.1, 0.15) is 12.7 Å². The van der Waals surface area contributed by atoms with Gasteiger partial charge in [0.25, 0.3) is 0 Å². The Morgan fingerprint density at radius 1 is 1.46 bits per heavy atom. The van der Waals surface area contributed by atoms with E-state index in [9.17, 15) is 0 Å². The molecule has 2 fully saturated rings. The lowest BCUT2D eigenvalue weighted by molar-refractivity contribution is 0.387. The van der Waals surface area contributed by atoms with Gasteiger partial charge in [0.15, 0.2) is 0 Å². The maximum absolute atomic E-state index is 4.19. The molecule has 2 unspecified atom stereocenters. The zero-order chi connectivity index (χ0) is 8.84. The van der Waals surface area contributed by atoms with Gasteiger partial charge in [0.2, 0.25) is 0 Å². The minimum atomic E-state index is 0.527. The van der Waals surface area contributed by atoms with E-state index in [-0.39, 0.29) is 0 Å². The van der Waals surface area contributed by atoms with Crippen molar-refractivity contribution in [1.29, 1.82) is 0 Å². The number of aromatic nitrogens is 3. The molecule has 1 N–H and O–H groups in total. The average Bonchev–Trinajstić information content (AvgIpc) is 2.68. The van der Waals surface area contributed by atoms with E-state index in [1.807, 2.05) is 11.0 Å². The van der Waals surface area contributed by atoms with E-state index in [2.05, 4.69) is 22.3 Å². The second kappa shape index (κ2) is 2.54. The fourth-order valence-corrected chi connectivity index (χ4v) is 2.79. The molecule has 4 atom stereocenters. The van der Waals surface area contributed by atoms with Gasteiger partial charge in [-0.15, -0.1) is 0 Å². The Bertz CT molecular complexity index is 285. The summed E-state index contributed by atoms with van der Waals surface area (Å²) in [6.07, 6.45) is 3.44. The van der Waals surface area contributed by atoms with Crippen molar-refractivity contribution in [2.75, 3.05) is 13.1 Å². The first-order valence-corrected chi connectivity index (χ1v) is 4.93. The monoisotopic (exact) mass is 178 g/mol. The van der Waals surface area contributed by atoms with Gasteiger partial charge in [0.05, 0.1) is 6.04 Å². The highest BCUT2D eigenvalue weighted by atomic mass is 15.3. The molecule has 3 rings (SSSR count). The number of rotatable bonds is 2. The summed E-state index contributed by atoms with van der Waals surface area (Å²) in [5, 5.41) is 7.60. The zero-order valence-electron chi connectivity index (χ0n) is 7.72. The predicted octanol–water partition coefficient (Wildman–Crippen LogP) is 0.304. The van der Waals surface area contributed by atoms with Gasteiger partial charge in [-0.2, -0.15) is 5.10 Å². The number of hydrogen-bond donors (Lipinski definition) is 1. The summed E-state index contributed by atoms with van der Waals surface area (Å²) in [4.78, 5) is 3.98. The third kappa shape index (κ3) is 1.01. The van der Waals surface area contributed by atoms with Crippen LogP contribution in [0, 0.1) is 17.8 Å². The smallest absolute Gasteiger partial charge is 0.137 e. The second-order valence-electron chi connectivity index (χ2n) is 4.18. The van der Waals surface area contributed by atoms with E-state index >= 15 is 0 Å². The van der Waals surface area contributed by atoms with Crippen LogP contribution in [0.15, 0.2) is 12.7 Å². The summed E-state index contributed by atoms with van der Waals surface area (Å²) in [6, 6.07) is 0.527. The molecule has 2 aliphatic rings. The van der Waals surface area contributed by atoms with Crippen LogP contribution in [0.2, 0.25) is 0 Å². The van der Waals surface area contributed by atoms with Crippen molar-refractivity contribution in [2.45, 2.75) is 13.0 Å². The number of hydrogen-bond acceptors (Lipinski definition) is 3. The molecule has 1 aromatic heterocycles. The Kier molecular flexibility index (Phi) is 1.47. The second-order valence-corrected chi connectivity index (χ2v) is 4.18. The number of nitrogens with one attached hydrogen (secondary N) is 1. The molecule has 1 saturated heterocycles. The Labute approximate surface area is 77.4 Å². The summed E-state index contributed by atoms with van der Waals surface area (Å²) in [7, 11) is 0. The minimum Gasteiger partial charge on any atom is -0.316 e. The molecule has 4 heteroatoms. The molecule has 0 amide bonds. The highest BCUT2D eigenvalue weighted by Gasteiger charge is 2.55. The highest BCUT2D eigenvalue weighted by molar-refractivity contribution is 5.06. The van der Waals surface area contributed by atoms with Gasteiger partial charge >= 0.3 is 0 Å². The van der Waals surface area contributed by atoms with Crippen molar-refractivity contribution in [2.24, 2.45) is 17.8 Å². The van der Waals surface area contributed by atoms with Gasteiger partial charge in [-0.05, 0) is 37.8 Å². The standard InChI is InChI=1S/C9H14N4/c1-6(13-5-11-4-12-13)9-7-2-10-3-8(7)9/h4-10H,2-3H2,1H3/t6?,7-,8+,9?. The lowest BCUT2D eigenvalue weighted by atomic mass is 10.1. The summed E-state index contributed by atoms with van der Waals surface area (Å²) >= 11 is 0. The van der Waals surface area contributed by atoms with E-state index in [1.165, 1.54) is 13.1 Å². The van der Waals surface area contributed by atoms with Crippen molar-refractivity contribution in [3.05, 3.63) is 12.7 Å². The third-order valence-electron chi connectivity index (χ3n) is 3.57. The molecule has 0 aromatic carbocycles. The van der Waals surface area contributed by atoms with Crippen LogP contribution < -0.4 is 5.32 Å². The van der Waals surface area contributed by atoms with Crippen molar-refractivity contribution in [1.82, 2.24) is 20.1 Å². The normalized spacial score (nSPS) is 38.7. The molecule has 2 heterocycles. The lowest BCUT2D eigenvalue weighted by Gasteiger charge is -2.13. The van der Waals surface area contributed by atoms with Crippen LogP contribution in [0.4, 0.5) is 0 Å². The Morgan fingerprint density at radius 3 is 2.85 bits per heavy atom. The molecular formula is C9H14N4. The highest BCUT2D eigenvalue weighted by Crippen LogP contribution is 2.54. The van der Waals surface area contributed by atoms with Crippen LogP contribution in [0.25, 0.3) is 0 Å². The van der Waals surface area contributed by atoms with Crippen LogP contribution in [0.3, 0.4) is 0 Å². The molecule has 13 heavy (non-hydrogen) atoms. The Hall–Kier alpha value is -0.900. The Balaban J connectivity index is 1.74. The summed E-state index contributed by atoms with van der Waals surface area (Å²) in [5.41, 5.74) is 0. The van der Waals surface area contributed by atoms with Gasteiger partial charge < -0.3 is 5.32 Å². The van der Waals surface area contributed by atoms with Crippen molar-refractivity contribution >= 4 is 0 Å². The lowest BCUT2D eigenvalue weighted by Crippen LogP contribution is -2.19. The quantitative estimate of drug-likeness (QED) is 0.708. The van der Waals surface area contributed by atoms with Gasteiger partial charge in [-0.25, -0.2) is 9.67 Å². The number of fused-ring (bicyclic) bond motifs is 1. The van der Waals surface area contributed by atoms with Crippen LogP contribution in [-0.2, 0) is 0 Å². The fourth-order valence-electron chi connectivity index (χ4n) is 2.79. The topological polar surface area (TPSA) is 42.7 Å². The van der Waals surface area contributed by atoms with Crippen molar-refractivity contribution < 1.29 is 0 Å². The maximum atomic E-state index is 4.19. The first-order chi connectivity index (χ1) is 6.38. The van der Waals surface area contributed by atoms with E-state index in [1.54, 1.807) is 6.33 Å². The van der Waals surface area contributed by atoms with Crippen LogP contribution in [0.1, 0.15) is 13.0 Å². The van der Waals surface area contributed by atoms with Gasteiger partial charge in [-0.1, -0.05) is 0 Å². The van der Waals surface area contributed by atoms with Gasteiger partial charge in [-0.3, -0.25) is 0 Å². The van der Waals surface area contributed by atoms with E-state index in [0.29, 0.717) is 6.04 Å². The third-order valence-corrected chi connectivity index (χ3v) is 3.57. The first-order valence-electron chi connectivity index (χ1n) is 4.93. The average molecular weight is 178 g/mol. The predicted molar refractivity (Wildman–Crippen MR) is 48.1 cm³/mol. The van der Waals surface area contributed by atoms with Crippen LogP contribution in [0.5, 0.6) is 0 Å². The van der Waals surface area contributed by atoms with Crippen molar-refractivity contribution in [3.63, 3.8) is 0 Å². The molecule has 0 radical (unpaired) electrons. The molecule has 1 aliphatic carbocycles. The fraction of sp³-hybridized carbons (Fsp3) is 0.778. The molecule has 1 aromatic rings. The minimum absolute atomic E-state index is 0.527. The molecule has 1 saturated carbocycles. The van der Waals surface area contributed by atoms with Gasteiger partial charge in [0, 0.05) is 0 Å². The summed E-state index contributed by atoms with van der Waals surface area (Å²) < 4.78 is 1.99. The molecular weight excluding hydrogens is 164 g/mol. The zero-order valence-corrected chi connectivity index (χ0v) is 7.72. The molecule has 4 nitrogen and oxygen atoms in total. The molecule has 70 valence electrons. The number of piperidine rings is 1. The van der Waals surface area contributed by atoms with Crippen LogP contribution >= 0.6 is 0 Å². The van der Waals surface area contributed by atoms with Crippen molar-refractivity contribution in [3.8, 4) is 0 Å². The molecule has 0 spiro atoms. The van der Waals surface area contributed by atoms with Crippen LogP contribution in [-0.4, -0.2) is 27.9 Å².